The first-order valence-electron chi connectivity index (χ1n) is 6.48. The monoisotopic (exact) mass is 334 g/mol. The first kappa shape index (κ1) is 14.7. The summed E-state index contributed by atoms with van der Waals surface area (Å²) in [6.07, 6.45) is 1.74. The maximum Gasteiger partial charge on any atom is 0.310 e. The zero-order chi connectivity index (χ0) is 15.5. The molecule has 0 bridgehead atoms. The molecule has 3 rings (SSSR count). The first-order valence-corrected chi connectivity index (χ1v) is 7.74. The Morgan fingerprint density at radius 3 is 3.00 bits per heavy atom. The number of benzene rings is 1. The standard InChI is InChI=1S/C15H11ClN2O3S/c16-12-4-2-1-3-10(12)7-14(20)21-9-11-8-13(19)18-5-6-22-15(18)17-11/h1-6,8H,7,9H2. The van der Waals surface area contributed by atoms with Gasteiger partial charge < -0.3 is 4.74 Å². The van der Waals surface area contributed by atoms with Crippen LogP contribution in [0.2, 0.25) is 5.02 Å². The van der Waals surface area contributed by atoms with Crippen molar-refractivity contribution in [2.75, 3.05) is 0 Å². The summed E-state index contributed by atoms with van der Waals surface area (Å²) in [4.78, 5) is 28.5. The first-order chi connectivity index (χ1) is 10.6. The molecule has 112 valence electrons. The van der Waals surface area contributed by atoms with Gasteiger partial charge >= 0.3 is 5.97 Å². The van der Waals surface area contributed by atoms with Gasteiger partial charge in [-0.2, -0.15) is 0 Å². The van der Waals surface area contributed by atoms with Crippen LogP contribution < -0.4 is 5.56 Å². The number of ether oxygens (including phenoxy) is 1. The summed E-state index contributed by atoms with van der Waals surface area (Å²) in [6, 6.07) is 8.46. The maximum absolute atomic E-state index is 11.8. The lowest BCUT2D eigenvalue weighted by atomic mass is 10.1. The number of carbonyl (C=O) groups excluding carboxylic acids is 1. The molecule has 2 aromatic heterocycles. The summed E-state index contributed by atoms with van der Waals surface area (Å²) in [5.41, 5.74) is 0.944. The second-order valence-electron chi connectivity index (χ2n) is 4.57. The van der Waals surface area contributed by atoms with Crippen LogP contribution in [-0.2, 0) is 22.6 Å². The molecule has 0 aliphatic heterocycles. The normalized spacial score (nSPS) is 10.8. The number of aromatic nitrogens is 2. The highest BCUT2D eigenvalue weighted by atomic mass is 35.5. The third kappa shape index (κ3) is 3.18. The van der Waals surface area contributed by atoms with E-state index in [0.29, 0.717) is 21.2 Å². The molecule has 1 aromatic carbocycles. The second-order valence-corrected chi connectivity index (χ2v) is 5.85. The van der Waals surface area contributed by atoms with Crippen LogP contribution in [0, 0.1) is 0 Å². The number of rotatable bonds is 4. The molecule has 2 heterocycles. The Hall–Kier alpha value is -2.18. The molecule has 0 radical (unpaired) electrons. The minimum atomic E-state index is -0.415. The fourth-order valence-corrected chi connectivity index (χ4v) is 2.91. The van der Waals surface area contributed by atoms with Gasteiger partial charge in [-0.15, -0.1) is 11.3 Å². The summed E-state index contributed by atoms with van der Waals surface area (Å²) in [5.74, 6) is -0.415. The molecule has 0 saturated heterocycles. The topological polar surface area (TPSA) is 60.7 Å². The molecule has 0 spiro atoms. The van der Waals surface area contributed by atoms with E-state index in [0.717, 1.165) is 0 Å². The van der Waals surface area contributed by atoms with Crippen LogP contribution in [-0.4, -0.2) is 15.4 Å². The van der Waals surface area contributed by atoms with Crippen molar-refractivity contribution in [3.63, 3.8) is 0 Å². The van der Waals surface area contributed by atoms with Crippen LogP contribution in [0.5, 0.6) is 0 Å². The van der Waals surface area contributed by atoms with Gasteiger partial charge in [-0.25, -0.2) is 4.98 Å². The lowest BCUT2D eigenvalue weighted by Gasteiger charge is -2.06. The third-order valence-corrected chi connectivity index (χ3v) is 4.16. The summed E-state index contributed by atoms with van der Waals surface area (Å²) >= 11 is 7.34. The highest BCUT2D eigenvalue weighted by Crippen LogP contribution is 2.16. The van der Waals surface area contributed by atoms with Crippen molar-refractivity contribution in [3.05, 3.63) is 68.5 Å². The minimum Gasteiger partial charge on any atom is -0.459 e. The Bertz CT molecular complexity index is 888. The highest BCUT2D eigenvalue weighted by molar-refractivity contribution is 7.15. The third-order valence-electron chi connectivity index (χ3n) is 3.03. The molecule has 22 heavy (non-hydrogen) atoms. The minimum absolute atomic E-state index is 0.0348. The highest BCUT2D eigenvalue weighted by Gasteiger charge is 2.10. The summed E-state index contributed by atoms with van der Waals surface area (Å²) < 4.78 is 6.61. The molecule has 3 aromatic rings. The van der Waals surface area contributed by atoms with Crippen LogP contribution in [0.3, 0.4) is 0 Å². The van der Waals surface area contributed by atoms with E-state index in [1.54, 1.807) is 29.8 Å². The lowest BCUT2D eigenvalue weighted by Crippen LogP contribution is -2.15. The maximum atomic E-state index is 11.8. The van der Waals surface area contributed by atoms with E-state index in [1.807, 2.05) is 6.07 Å². The van der Waals surface area contributed by atoms with Gasteiger partial charge in [0.15, 0.2) is 4.96 Å². The van der Waals surface area contributed by atoms with Gasteiger partial charge in [0.25, 0.3) is 5.56 Å². The SMILES string of the molecule is O=C(Cc1ccccc1Cl)OCc1cc(=O)n2ccsc2n1. The zero-order valence-corrected chi connectivity index (χ0v) is 12.9. The molecular formula is C15H11ClN2O3S. The van der Waals surface area contributed by atoms with Gasteiger partial charge in [-0.1, -0.05) is 29.8 Å². The molecule has 0 unspecified atom stereocenters. The number of halogens is 1. The molecule has 0 aliphatic carbocycles. The zero-order valence-electron chi connectivity index (χ0n) is 11.4. The van der Waals surface area contributed by atoms with Gasteiger partial charge in [0, 0.05) is 22.7 Å². The lowest BCUT2D eigenvalue weighted by molar-refractivity contribution is -0.144. The average molecular weight is 335 g/mol. The van der Waals surface area contributed by atoms with E-state index in [4.69, 9.17) is 16.3 Å². The fraction of sp³-hybridized carbons (Fsp3) is 0.133. The number of fused-ring (bicyclic) bond motifs is 1. The number of carbonyl (C=O) groups is 1. The predicted molar refractivity (Wildman–Crippen MR) is 84.3 cm³/mol. The predicted octanol–water partition coefficient (Wildman–Crippen LogP) is 2.70. The van der Waals surface area contributed by atoms with Crippen molar-refractivity contribution in [1.29, 1.82) is 0 Å². The molecule has 0 fully saturated rings. The van der Waals surface area contributed by atoms with Crippen molar-refractivity contribution in [2.24, 2.45) is 0 Å². The van der Waals surface area contributed by atoms with Gasteiger partial charge in [-0.3, -0.25) is 14.0 Å². The van der Waals surface area contributed by atoms with Crippen LogP contribution >= 0.6 is 22.9 Å². The Morgan fingerprint density at radius 1 is 1.36 bits per heavy atom. The van der Waals surface area contributed by atoms with Gasteiger partial charge in [0.2, 0.25) is 0 Å². The number of hydrogen-bond acceptors (Lipinski definition) is 5. The van der Waals surface area contributed by atoms with Crippen LogP contribution in [0.1, 0.15) is 11.3 Å². The number of nitrogens with zero attached hydrogens (tertiary/aromatic N) is 2. The average Bonchev–Trinajstić information content (AvgIpc) is 2.97. The van der Waals surface area contributed by atoms with Crippen molar-refractivity contribution in [2.45, 2.75) is 13.0 Å². The Labute approximate surface area is 134 Å². The molecule has 0 aliphatic rings. The molecule has 7 heteroatoms. The Balaban J connectivity index is 1.67. The largest absolute Gasteiger partial charge is 0.459 e. The molecule has 5 nitrogen and oxygen atoms in total. The Kier molecular flexibility index (Phi) is 4.22. The molecule has 0 N–H and O–H groups in total. The van der Waals surface area contributed by atoms with Crippen molar-refractivity contribution >= 4 is 33.9 Å². The van der Waals surface area contributed by atoms with Crippen molar-refractivity contribution in [3.8, 4) is 0 Å². The number of hydrogen-bond donors (Lipinski definition) is 0. The molecular weight excluding hydrogens is 324 g/mol. The quantitative estimate of drug-likeness (QED) is 0.688. The van der Waals surface area contributed by atoms with Gasteiger partial charge in [0.05, 0.1) is 12.1 Å². The summed E-state index contributed by atoms with van der Waals surface area (Å²) in [7, 11) is 0. The van der Waals surface area contributed by atoms with Crippen molar-refractivity contribution < 1.29 is 9.53 Å². The van der Waals surface area contributed by atoms with Crippen LogP contribution in [0.25, 0.3) is 4.96 Å². The molecule has 0 saturated carbocycles. The fourth-order valence-electron chi connectivity index (χ4n) is 1.96. The molecule has 0 amide bonds. The van der Waals surface area contributed by atoms with E-state index < -0.39 is 5.97 Å². The number of esters is 1. The van der Waals surface area contributed by atoms with Gasteiger partial charge in [-0.05, 0) is 11.6 Å². The summed E-state index contributed by atoms with van der Waals surface area (Å²) in [5, 5.41) is 2.30. The van der Waals surface area contributed by atoms with E-state index in [2.05, 4.69) is 4.98 Å². The summed E-state index contributed by atoms with van der Waals surface area (Å²) in [6.45, 7) is -0.0348. The molecule has 0 atom stereocenters. The van der Waals surface area contributed by atoms with Crippen LogP contribution in [0.15, 0.2) is 46.7 Å². The smallest absolute Gasteiger partial charge is 0.310 e. The van der Waals surface area contributed by atoms with E-state index >= 15 is 0 Å². The van der Waals surface area contributed by atoms with E-state index in [1.165, 1.54) is 21.8 Å². The van der Waals surface area contributed by atoms with E-state index in [9.17, 15) is 9.59 Å². The van der Waals surface area contributed by atoms with Gasteiger partial charge in [0.1, 0.15) is 6.61 Å². The second kappa shape index (κ2) is 6.29. The van der Waals surface area contributed by atoms with Crippen LogP contribution in [0.4, 0.5) is 0 Å². The van der Waals surface area contributed by atoms with E-state index in [-0.39, 0.29) is 18.6 Å². The van der Waals surface area contributed by atoms with Crippen molar-refractivity contribution in [1.82, 2.24) is 9.38 Å². The Morgan fingerprint density at radius 2 is 2.18 bits per heavy atom. The number of thiazole rings is 1.